The molecular formula is C41H45NO6Si. The number of hydrogen-bond donors (Lipinski definition) is 0. The third-order valence-corrected chi connectivity index (χ3v) is 13.7. The summed E-state index contributed by atoms with van der Waals surface area (Å²) in [7, 11) is -0.500. The monoisotopic (exact) mass is 675 g/mol. The van der Waals surface area contributed by atoms with E-state index in [0.29, 0.717) is 28.3 Å². The van der Waals surface area contributed by atoms with Crippen molar-refractivity contribution in [2.75, 3.05) is 12.0 Å². The smallest absolute Gasteiger partial charge is 0.338 e. The summed E-state index contributed by atoms with van der Waals surface area (Å²) in [5.74, 6) is 0.774. The van der Waals surface area contributed by atoms with Crippen LogP contribution in [0.3, 0.4) is 0 Å². The van der Waals surface area contributed by atoms with Crippen LogP contribution in [0.1, 0.15) is 71.9 Å². The molecule has 5 aromatic rings. The van der Waals surface area contributed by atoms with E-state index in [9.17, 15) is 9.59 Å². The highest BCUT2D eigenvalue weighted by Crippen LogP contribution is 2.43. The van der Waals surface area contributed by atoms with E-state index in [2.05, 4.69) is 33.9 Å². The average Bonchev–Trinajstić information content (AvgIpc) is 3.64. The van der Waals surface area contributed by atoms with Crippen LogP contribution >= 0.6 is 0 Å². The molecule has 3 atom stereocenters. The number of nitrogens with zero attached hydrogens (tertiary/aromatic N) is 1. The fourth-order valence-electron chi connectivity index (χ4n) is 5.52. The molecule has 1 amide bonds. The van der Waals surface area contributed by atoms with Gasteiger partial charge >= 0.3 is 5.97 Å². The molecule has 4 aromatic carbocycles. The zero-order valence-corrected chi connectivity index (χ0v) is 30.3. The fourth-order valence-corrected chi connectivity index (χ4v) is 6.55. The molecule has 7 nitrogen and oxygen atoms in total. The Morgan fingerprint density at radius 2 is 1.31 bits per heavy atom. The van der Waals surface area contributed by atoms with Crippen LogP contribution in [0.5, 0.6) is 11.5 Å². The molecule has 0 bridgehead atoms. The van der Waals surface area contributed by atoms with E-state index in [1.807, 2.05) is 85.8 Å². The van der Waals surface area contributed by atoms with Crippen molar-refractivity contribution >= 4 is 25.9 Å². The maximum absolute atomic E-state index is 14.7. The van der Waals surface area contributed by atoms with Crippen molar-refractivity contribution in [3.63, 3.8) is 0 Å². The van der Waals surface area contributed by atoms with Crippen LogP contribution in [0.4, 0.5) is 5.69 Å². The first kappa shape index (κ1) is 35.2. The molecule has 0 N–H and O–H groups in total. The zero-order valence-electron chi connectivity index (χ0n) is 29.3. The predicted octanol–water partition coefficient (Wildman–Crippen LogP) is 10.3. The summed E-state index contributed by atoms with van der Waals surface area (Å²) in [5, 5.41) is 0.0223. The van der Waals surface area contributed by atoms with E-state index in [4.69, 9.17) is 18.3 Å². The minimum Gasteiger partial charge on any atom is -0.544 e. The molecule has 0 saturated heterocycles. The van der Waals surface area contributed by atoms with Gasteiger partial charge in [-0.3, -0.25) is 9.69 Å². The molecule has 1 heterocycles. The Morgan fingerprint density at radius 3 is 1.84 bits per heavy atom. The van der Waals surface area contributed by atoms with Crippen LogP contribution in [0.15, 0.2) is 132 Å². The van der Waals surface area contributed by atoms with Gasteiger partial charge in [0.15, 0.2) is 0 Å². The Bertz CT molecular complexity index is 1800. The summed E-state index contributed by atoms with van der Waals surface area (Å²) in [6.07, 6.45) is 0.815. The lowest BCUT2D eigenvalue weighted by Crippen LogP contribution is -2.43. The molecule has 0 fully saturated rings. The largest absolute Gasteiger partial charge is 0.544 e. The van der Waals surface area contributed by atoms with E-state index < -0.39 is 32.4 Å². The van der Waals surface area contributed by atoms with Gasteiger partial charge in [0.25, 0.3) is 5.91 Å². The van der Waals surface area contributed by atoms with Gasteiger partial charge in [0.1, 0.15) is 29.4 Å². The molecule has 0 aliphatic rings. The van der Waals surface area contributed by atoms with Gasteiger partial charge in [-0.1, -0.05) is 76.2 Å². The number of furan rings is 1. The van der Waals surface area contributed by atoms with Gasteiger partial charge in [0.2, 0.25) is 8.32 Å². The van der Waals surface area contributed by atoms with Crippen molar-refractivity contribution in [2.45, 2.75) is 58.0 Å². The number of methoxy groups -OCH3 is 1. The first-order valence-electron chi connectivity index (χ1n) is 16.5. The number of ether oxygens (including phenoxy) is 2. The van der Waals surface area contributed by atoms with Crippen LogP contribution in [0.25, 0.3) is 0 Å². The van der Waals surface area contributed by atoms with Crippen LogP contribution in [0.2, 0.25) is 18.1 Å². The van der Waals surface area contributed by atoms with E-state index in [0.717, 1.165) is 11.3 Å². The van der Waals surface area contributed by atoms with Crippen molar-refractivity contribution < 1.29 is 27.9 Å². The molecule has 1 aromatic heterocycles. The van der Waals surface area contributed by atoms with E-state index >= 15 is 0 Å². The number of esters is 1. The van der Waals surface area contributed by atoms with Gasteiger partial charge in [-0.2, -0.15) is 0 Å². The number of carbonyl (C=O) groups is 2. The standard InChI is InChI=1S/C41H45NO6Si/c1-29(38(30-20-24-34(45-5)25-21-30)47-40(44)32-17-12-9-13-18-32)37(36-19-14-28-46-36)42(39(43)31-15-10-8-11-16-31)33-22-26-35(27-23-33)48-49(6,7)41(2,3)4/h8-29,37-38H,1-7H3/t29-,37-,38-/m0/s1. The summed E-state index contributed by atoms with van der Waals surface area (Å²) in [4.78, 5) is 30.0. The van der Waals surface area contributed by atoms with Crippen molar-refractivity contribution in [1.29, 1.82) is 0 Å². The molecule has 5 rings (SSSR count). The lowest BCUT2D eigenvalue weighted by Gasteiger charge is -2.38. The lowest BCUT2D eigenvalue weighted by molar-refractivity contribution is 0.0100. The fraction of sp³-hybridized carbons (Fsp3) is 0.268. The van der Waals surface area contributed by atoms with Gasteiger partial charge in [-0.05, 0) is 96.5 Å². The Hall–Kier alpha value is -5.08. The van der Waals surface area contributed by atoms with Crippen LogP contribution in [-0.4, -0.2) is 27.3 Å². The Labute approximate surface area is 290 Å². The Kier molecular flexibility index (Phi) is 10.8. The number of anilines is 1. The van der Waals surface area contributed by atoms with Crippen LogP contribution in [0, 0.1) is 5.92 Å². The number of benzene rings is 4. The van der Waals surface area contributed by atoms with E-state index in [1.54, 1.807) is 60.7 Å². The Balaban J connectivity index is 1.62. The van der Waals surface area contributed by atoms with Gasteiger partial charge in [-0.15, -0.1) is 0 Å². The van der Waals surface area contributed by atoms with Gasteiger partial charge in [0.05, 0.1) is 18.9 Å². The predicted molar refractivity (Wildman–Crippen MR) is 196 cm³/mol. The summed E-state index contributed by atoms with van der Waals surface area (Å²) in [5.41, 5.74) is 2.33. The minimum atomic E-state index is -2.10. The molecule has 254 valence electrons. The zero-order chi connectivity index (χ0) is 35.2. The molecule has 49 heavy (non-hydrogen) atoms. The lowest BCUT2D eigenvalue weighted by atomic mass is 9.87. The van der Waals surface area contributed by atoms with Crippen LogP contribution < -0.4 is 14.1 Å². The second-order valence-electron chi connectivity index (χ2n) is 13.7. The van der Waals surface area contributed by atoms with Gasteiger partial charge < -0.3 is 18.3 Å². The minimum absolute atomic E-state index is 0.0223. The first-order valence-corrected chi connectivity index (χ1v) is 19.4. The van der Waals surface area contributed by atoms with E-state index in [-0.39, 0.29) is 10.9 Å². The molecule has 8 heteroatoms. The second kappa shape index (κ2) is 15.0. The third-order valence-electron chi connectivity index (χ3n) is 9.31. The summed E-state index contributed by atoms with van der Waals surface area (Å²) in [6.45, 7) is 13.0. The number of carbonyl (C=O) groups excluding carboxylic acids is 2. The highest BCUT2D eigenvalue weighted by atomic mass is 28.4. The third kappa shape index (κ3) is 8.15. The topological polar surface area (TPSA) is 78.2 Å². The van der Waals surface area contributed by atoms with E-state index in [1.165, 1.54) is 0 Å². The summed E-state index contributed by atoms with van der Waals surface area (Å²) in [6, 6.07) is 36.1. The van der Waals surface area contributed by atoms with Crippen molar-refractivity contribution in [1.82, 2.24) is 0 Å². The van der Waals surface area contributed by atoms with Crippen LogP contribution in [-0.2, 0) is 4.74 Å². The second-order valence-corrected chi connectivity index (χ2v) is 18.4. The summed E-state index contributed by atoms with van der Waals surface area (Å²) < 4.78 is 24.4. The number of rotatable bonds is 12. The maximum Gasteiger partial charge on any atom is 0.338 e. The van der Waals surface area contributed by atoms with Gasteiger partial charge in [0, 0.05) is 17.2 Å². The first-order chi connectivity index (χ1) is 23.4. The van der Waals surface area contributed by atoms with Gasteiger partial charge in [-0.25, -0.2) is 4.79 Å². The molecule has 0 saturated carbocycles. The van der Waals surface area contributed by atoms with Crippen molar-refractivity contribution in [2.24, 2.45) is 5.92 Å². The molecular weight excluding hydrogens is 631 g/mol. The SMILES string of the molecule is COc1ccc([C@@H](OC(=O)c2ccccc2)[C@@H](C)[C@@H](c2ccco2)N(C(=O)c2ccccc2)c2ccc(O[Si](C)(C)C(C)(C)C)cc2)cc1. The molecule has 0 radical (unpaired) electrons. The highest BCUT2D eigenvalue weighted by Gasteiger charge is 2.41. The molecule has 0 aliphatic heterocycles. The Morgan fingerprint density at radius 1 is 0.735 bits per heavy atom. The molecule has 0 aliphatic carbocycles. The number of hydrogen-bond acceptors (Lipinski definition) is 6. The molecule has 0 spiro atoms. The summed E-state index contributed by atoms with van der Waals surface area (Å²) >= 11 is 0. The average molecular weight is 676 g/mol. The normalized spacial score (nSPS) is 13.5. The maximum atomic E-state index is 14.7. The van der Waals surface area contributed by atoms with Crippen molar-refractivity contribution in [3.05, 3.63) is 150 Å². The van der Waals surface area contributed by atoms with Crippen molar-refractivity contribution in [3.8, 4) is 11.5 Å². The highest BCUT2D eigenvalue weighted by molar-refractivity contribution is 6.74. The molecule has 0 unspecified atom stereocenters. The quantitative estimate of drug-likeness (QED) is 0.0967. The number of amides is 1.